The van der Waals surface area contributed by atoms with Crippen LogP contribution < -0.4 is 4.90 Å². The molecular formula is C23H23N. The van der Waals surface area contributed by atoms with Crippen LogP contribution in [-0.2, 0) is 0 Å². The van der Waals surface area contributed by atoms with Gasteiger partial charge >= 0.3 is 0 Å². The number of rotatable bonds is 3. The first-order valence-electron chi connectivity index (χ1n) is 7.72. The second-order valence-electron chi connectivity index (χ2n) is 5.43. The van der Waals surface area contributed by atoms with Gasteiger partial charge in [-0.05, 0) is 67.9 Å². The van der Waals surface area contributed by atoms with E-state index in [4.69, 9.17) is 0 Å². The van der Waals surface area contributed by atoms with E-state index in [-0.39, 0.29) is 7.43 Å². The van der Waals surface area contributed by atoms with E-state index in [0.717, 1.165) is 22.6 Å². The van der Waals surface area contributed by atoms with Gasteiger partial charge in [-0.2, -0.15) is 0 Å². The molecule has 0 aliphatic carbocycles. The van der Waals surface area contributed by atoms with Gasteiger partial charge in [0.2, 0.25) is 0 Å². The summed E-state index contributed by atoms with van der Waals surface area (Å²) in [6, 6.07) is 27.3. The molecule has 24 heavy (non-hydrogen) atoms. The van der Waals surface area contributed by atoms with Gasteiger partial charge in [-0.25, -0.2) is 0 Å². The third kappa shape index (κ3) is 3.86. The van der Waals surface area contributed by atoms with Gasteiger partial charge in [-0.1, -0.05) is 43.7 Å². The summed E-state index contributed by atoms with van der Waals surface area (Å²) in [6.45, 7) is 3.98. The topological polar surface area (TPSA) is 3.24 Å². The van der Waals surface area contributed by atoms with Crippen LogP contribution in [0.2, 0.25) is 0 Å². The van der Waals surface area contributed by atoms with Crippen molar-refractivity contribution in [3.05, 3.63) is 90.0 Å². The summed E-state index contributed by atoms with van der Waals surface area (Å²) >= 11 is 0. The van der Waals surface area contributed by atoms with Crippen LogP contribution >= 0.6 is 0 Å². The molecule has 3 rings (SSSR count). The minimum atomic E-state index is 0. The van der Waals surface area contributed by atoms with Crippen LogP contribution in [0.4, 0.5) is 17.1 Å². The van der Waals surface area contributed by atoms with Crippen LogP contribution in [0.25, 0.3) is 0 Å². The Labute approximate surface area is 145 Å². The van der Waals surface area contributed by atoms with Crippen molar-refractivity contribution >= 4 is 17.1 Å². The van der Waals surface area contributed by atoms with E-state index in [2.05, 4.69) is 96.5 Å². The van der Waals surface area contributed by atoms with Crippen LogP contribution in [0.3, 0.4) is 0 Å². The Bertz CT molecular complexity index is 836. The van der Waals surface area contributed by atoms with Crippen molar-refractivity contribution in [2.24, 2.45) is 0 Å². The molecule has 120 valence electrons. The summed E-state index contributed by atoms with van der Waals surface area (Å²) in [6.07, 6.45) is 0. The van der Waals surface area contributed by atoms with Crippen LogP contribution in [-0.4, -0.2) is 0 Å². The fourth-order valence-corrected chi connectivity index (χ4v) is 2.63. The molecule has 1 nitrogen and oxygen atoms in total. The maximum absolute atomic E-state index is 3.09. The van der Waals surface area contributed by atoms with E-state index >= 15 is 0 Å². The van der Waals surface area contributed by atoms with Crippen molar-refractivity contribution in [3.63, 3.8) is 0 Å². The Kier molecular flexibility index (Phi) is 5.82. The molecule has 0 aromatic heterocycles. The molecule has 0 aliphatic rings. The summed E-state index contributed by atoms with van der Waals surface area (Å²) in [7, 11) is 0. The van der Waals surface area contributed by atoms with Gasteiger partial charge in [0.15, 0.2) is 0 Å². The van der Waals surface area contributed by atoms with Crippen molar-refractivity contribution in [3.8, 4) is 11.8 Å². The highest BCUT2D eigenvalue weighted by Crippen LogP contribution is 2.34. The van der Waals surface area contributed by atoms with E-state index in [1.807, 2.05) is 13.0 Å². The van der Waals surface area contributed by atoms with Gasteiger partial charge < -0.3 is 4.90 Å². The quantitative estimate of drug-likeness (QED) is 0.501. The maximum Gasteiger partial charge on any atom is 0.0464 e. The van der Waals surface area contributed by atoms with E-state index in [1.165, 1.54) is 5.56 Å². The van der Waals surface area contributed by atoms with E-state index in [9.17, 15) is 0 Å². The molecule has 0 heterocycles. The molecule has 3 aromatic rings. The molecule has 1 heteroatoms. The first-order valence-corrected chi connectivity index (χ1v) is 7.72. The van der Waals surface area contributed by atoms with Crippen LogP contribution in [0.1, 0.15) is 25.5 Å². The van der Waals surface area contributed by atoms with Crippen LogP contribution in [0, 0.1) is 18.8 Å². The molecular weight excluding hydrogens is 290 g/mol. The normalized spacial score (nSPS) is 9.42. The minimum Gasteiger partial charge on any atom is -0.310 e. The lowest BCUT2D eigenvalue weighted by atomic mass is 10.1. The number of hydrogen-bond donors (Lipinski definition) is 0. The Morgan fingerprint density at radius 3 is 1.96 bits per heavy atom. The Balaban J connectivity index is 0.00000208. The number of hydrogen-bond acceptors (Lipinski definition) is 1. The predicted molar refractivity (Wildman–Crippen MR) is 105 cm³/mol. The van der Waals surface area contributed by atoms with Gasteiger partial charge in [-0.15, -0.1) is 5.92 Å². The zero-order valence-electron chi connectivity index (χ0n) is 13.5. The Morgan fingerprint density at radius 1 is 0.708 bits per heavy atom. The molecule has 0 fully saturated rings. The van der Waals surface area contributed by atoms with Crippen LogP contribution in [0.5, 0.6) is 0 Å². The van der Waals surface area contributed by atoms with Crippen molar-refractivity contribution in [2.45, 2.75) is 21.3 Å². The van der Waals surface area contributed by atoms with Gasteiger partial charge in [0.1, 0.15) is 0 Å². The third-order valence-electron chi connectivity index (χ3n) is 3.67. The van der Waals surface area contributed by atoms with Gasteiger partial charge in [0.05, 0.1) is 0 Å². The molecule has 0 unspecified atom stereocenters. The molecule has 0 atom stereocenters. The number of nitrogens with zero attached hydrogens (tertiary/aromatic N) is 1. The summed E-state index contributed by atoms with van der Waals surface area (Å²) in [5, 5.41) is 0. The third-order valence-corrected chi connectivity index (χ3v) is 3.67. The fourth-order valence-electron chi connectivity index (χ4n) is 2.63. The van der Waals surface area contributed by atoms with Gasteiger partial charge in [0, 0.05) is 22.6 Å². The zero-order valence-corrected chi connectivity index (χ0v) is 13.5. The first-order chi connectivity index (χ1) is 11.3. The summed E-state index contributed by atoms with van der Waals surface area (Å²) in [5.74, 6) is 6.03. The molecule has 0 spiro atoms. The first kappa shape index (κ1) is 17.4. The van der Waals surface area contributed by atoms with Gasteiger partial charge in [0.25, 0.3) is 0 Å². The molecule has 0 saturated heterocycles. The number of para-hydroxylation sites is 1. The van der Waals surface area contributed by atoms with Crippen molar-refractivity contribution < 1.29 is 0 Å². The summed E-state index contributed by atoms with van der Waals surface area (Å²) in [4.78, 5) is 2.26. The highest BCUT2D eigenvalue weighted by atomic mass is 15.1. The number of anilines is 3. The standard InChI is InChI=1S/C22H19N.CH4/c1-3-8-19-13-15-21(16-14-19)23(20-10-5-4-6-11-20)22-12-7-9-18(2)17-22;/h4-7,9-17H,1-2H3;1H4. The average molecular weight is 313 g/mol. The minimum absolute atomic E-state index is 0. The lowest BCUT2D eigenvalue weighted by molar-refractivity contribution is 1.27. The highest BCUT2D eigenvalue weighted by Gasteiger charge is 2.11. The van der Waals surface area contributed by atoms with E-state index in [0.29, 0.717) is 0 Å². The van der Waals surface area contributed by atoms with E-state index < -0.39 is 0 Å². The Morgan fingerprint density at radius 2 is 1.33 bits per heavy atom. The molecule has 0 bridgehead atoms. The largest absolute Gasteiger partial charge is 0.310 e. The van der Waals surface area contributed by atoms with Gasteiger partial charge in [-0.3, -0.25) is 0 Å². The molecule has 0 radical (unpaired) electrons. The number of aryl methyl sites for hydroxylation is 1. The van der Waals surface area contributed by atoms with Crippen molar-refractivity contribution in [1.82, 2.24) is 0 Å². The smallest absolute Gasteiger partial charge is 0.0464 e. The second kappa shape index (κ2) is 8.04. The lowest BCUT2D eigenvalue weighted by Crippen LogP contribution is -2.09. The van der Waals surface area contributed by atoms with E-state index in [1.54, 1.807) is 0 Å². The number of benzene rings is 3. The highest BCUT2D eigenvalue weighted by molar-refractivity contribution is 5.76. The molecule has 3 aromatic carbocycles. The van der Waals surface area contributed by atoms with Crippen molar-refractivity contribution in [1.29, 1.82) is 0 Å². The van der Waals surface area contributed by atoms with Crippen LogP contribution in [0.15, 0.2) is 78.9 Å². The molecule has 0 amide bonds. The summed E-state index contributed by atoms with van der Waals surface area (Å²) in [5.41, 5.74) is 5.71. The molecule has 0 saturated carbocycles. The second-order valence-corrected chi connectivity index (χ2v) is 5.43. The molecule has 0 N–H and O–H groups in total. The summed E-state index contributed by atoms with van der Waals surface area (Å²) < 4.78 is 0. The molecule has 0 aliphatic heterocycles. The average Bonchev–Trinajstić information content (AvgIpc) is 2.58. The maximum atomic E-state index is 3.09. The lowest BCUT2D eigenvalue weighted by Gasteiger charge is -2.25. The van der Waals surface area contributed by atoms with Crippen molar-refractivity contribution in [2.75, 3.05) is 4.90 Å². The SMILES string of the molecule is C.CC#Cc1ccc(N(c2ccccc2)c2cccc(C)c2)cc1. The zero-order chi connectivity index (χ0) is 16.1. The fraction of sp³-hybridized carbons (Fsp3) is 0.130. The predicted octanol–water partition coefficient (Wildman–Crippen LogP) is 6.47. The monoisotopic (exact) mass is 313 g/mol. The Hall–Kier alpha value is -2.98.